The monoisotopic (exact) mass is 268 g/mol. The average Bonchev–Trinajstić information content (AvgIpc) is 2.42. The molecule has 0 fully saturated rings. The molecule has 2 aromatic carbocycles. The van der Waals surface area contributed by atoms with Crippen LogP contribution in [-0.4, -0.2) is 10.2 Å². The highest BCUT2D eigenvalue weighted by Gasteiger charge is 2.32. The van der Waals surface area contributed by atoms with E-state index in [1.165, 1.54) is 16.7 Å². The van der Waals surface area contributed by atoms with Crippen LogP contribution in [0.2, 0.25) is 0 Å². The van der Waals surface area contributed by atoms with Crippen molar-refractivity contribution in [2.45, 2.75) is 26.2 Å². The number of benzene rings is 2. The summed E-state index contributed by atoms with van der Waals surface area (Å²) in [6.45, 7) is 4.56. The molecule has 0 heterocycles. The van der Waals surface area contributed by atoms with Crippen molar-refractivity contribution in [2.75, 3.05) is 0 Å². The lowest BCUT2D eigenvalue weighted by Crippen LogP contribution is -2.26. The first kappa shape index (κ1) is 13.0. The molecule has 3 rings (SSSR count). The second-order valence-corrected chi connectivity index (χ2v) is 5.99. The van der Waals surface area contributed by atoms with Gasteiger partial charge in [0.25, 0.3) is 0 Å². The molecule has 0 aromatic heterocycles. The quantitative estimate of drug-likeness (QED) is 0.819. The summed E-state index contributed by atoms with van der Waals surface area (Å²) in [5, 5.41) is 19.3. The third-order valence-electron chi connectivity index (χ3n) is 4.68. The fourth-order valence-electron chi connectivity index (χ4n) is 3.37. The summed E-state index contributed by atoms with van der Waals surface area (Å²) in [7, 11) is 0. The van der Waals surface area contributed by atoms with E-state index in [-0.39, 0.29) is 5.92 Å². The summed E-state index contributed by atoms with van der Waals surface area (Å²) in [6.07, 6.45) is 1.06. The van der Waals surface area contributed by atoms with Crippen molar-refractivity contribution in [3.8, 4) is 11.5 Å². The van der Waals surface area contributed by atoms with Crippen LogP contribution < -0.4 is 0 Å². The zero-order chi connectivity index (χ0) is 14.3. The van der Waals surface area contributed by atoms with Gasteiger partial charge in [-0.05, 0) is 59.2 Å². The highest BCUT2D eigenvalue weighted by molar-refractivity contribution is 5.45. The maximum absolute atomic E-state index is 9.81. The summed E-state index contributed by atoms with van der Waals surface area (Å²) in [4.78, 5) is 0. The molecule has 0 bridgehead atoms. The predicted molar refractivity (Wildman–Crippen MR) is 80.1 cm³/mol. The summed E-state index contributed by atoms with van der Waals surface area (Å²) in [5.41, 5.74) is 3.75. The van der Waals surface area contributed by atoms with Crippen molar-refractivity contribution in [2.24, 2.45) is 11.8 Å². The number of phenols is 2. The van der Waals surface area contributed by atoms with Crippen LogP contribution in [0.15, 0.2) is 42.5 Å². The average molecular weight is 268 g/mol. The SMILES string of the molecule is C[C@H]1[C@@H](c2ccc(O)cc2)c2cc(O)ccc2C[C@@H]1C. The fraction of sp³-hybridized carbons (Fsp3) is 0.333. The third-order valence-corrected chi connectivity index (χ3v) is 4.68. The van der Waals surface area contributed by atoms with Gasteiger partial charge in [-0.1, -0.05) is 32.0 Å². The largest absolute Gasteiger partial charge is 0.508 e. The van der Waals surface area contributed by atoms with Crippen LogP contribution in [0, 0.1) is 11.8 Å². The van der Waals surface area contributed by atoms with Crippen molar-refractivity contribution < 1.29 is 10.2 Å². The van der Waals surface area contributed by atoms with E-state index in [0.29, 0.717) is 23.3 Å². The number of rotatable bonds is 1. The first-order chi connectivity index (χ1) is 9.56. The molecule has 2 aromatic rings. The molecule has 2 N–H and O–H groups in total. The van der Waals surface area contributed by atoms with Gasteiger partial charge >= 0.3 is 0 Å². The lowest BCUT2D eigenvalue weighted by molar-refractivity contribution is 0.325. The summed E-state index contributed by atoms with van der Waals surface area (Å²) in [6, 6.07) is 13.2. The van der Waals surface area contributed by atoms with E-state index in [2.05, 4.69) is 13.8 Å². The maximum Gasteiger partial charge on any atom is 0.115 e. The second kappa shape index (κ2) is 4.86. The molecule has 1 aliphatic carbocycles. The van der Waals surface area contributed by atoms with Crippen LogP contribution in [0.1, 0.15) is 36.5 Å². The van der Waals surface area contributed by atoms with Crippen molar-refractivity contribution in [3.63, 3.8) is 0 Å². The topological polar surface area (TPSA) is 40.5 Å². The van der Waals surface area contributed by atoms with Crippen LogP contribution in [-0.2, 0) is 6.42 Å². The molecule has 3 atom stereocenters. The molecule has 0 radical (unpaired) electrons. The molecule has 104 valence electrons. The van der Waals surface area contributed by atoms with Crippen molar-refractivity contribution in [3.05, 3.63) is 59.2 Å². The smallest absolute Gasteiger partial charge is 0.115 e. The van der Waals surface area contributed by atoms with Gasteiger partial charge in [-0.2, -0.15) is 0 Å². The Hall–Kier alpha value is -1.96. The van der Waals surface area contributed by atoms with Gasteiger partial charge in [0.15, 0.2) is 0 Å². The van der Waals surface area contributed by atoms with Gasteiger partial charge in [0.1, 0.15) is 11.5 Å². The zero-order valence-electron chi connectivity index (χ0n) is 11.9. The van der Waals surface area contributed by atoms with Crippen molar-refractivity contribution >= 4 is 0 Å². The maximum atomic E-state index is 9.81. The molecular weight excluding hydrogens is 248 g/mol. The van der Waals surface area contributed by atoms with Crippen LogP contribution in [0.3, 0.4) is 0 Å². The molecule has 1 aliphatic rings. The lowest BCUT2D eigenvalue weighted by Gasteiger charge is -2.36. The van der Waals surface area contributed by atoms with Gasteiger partial charge in [-0.25, -0.2) is 0 Å². The minimum absolute atomic E-state index is 0.279. The molecule has 0 saturated carbocycles. The Kier molecular flexibility index (Phi) is 3.17. The van der Waals surface area contributed by atoms with Gasteiger partial charge in [-0.15, -0.1) is 0 Å². The zero-order valence-corrected chi connectivity index (χ0v) is 11.9. The molecule has 2 heteroatoms. The molecular formula is C18H20O2. The number of fused-ring (bicyclic) bond motifs is 1. The van der Waals surface area contributed by atoms with Crippen LogP contribution in [0.5, 0.6) is 11.5 Å². The highest BCUT2D eigenvalue weighted by atomic mass is 16.3. The van der Waals surface area contributed by atoms with Gasteiger partial charge in [0.2, 0.25) is 0 Å². The van der Waals surface area contributed by atoms with Crippen molar-refractivity contribution in [1.82, 2.24) is 0 Å². The number of hydrogen-bond acceptors (Lipinski definition) is 2. The van der Waals surface area contributed by atoms with E-state index < -0.39 is 0 Å². The van der Waals surface area contributed by atoms with E-state index in [4.69, 9.17) is 0 Å². The normalized spacial score (nSPS) is 25.2. The van der Waals surface area contributed by atoms with Crippen LogP contribution in [0.4, 0.5) is 0 Å². The fourth-order valence-corrected chi connectivity index (χ4v) is 3.37. The van der Waals surface area contributed by atoms with Gasteiger partial charge < -0.3 is 10.2 Å². The molecule has 0 spiro atoms. The Morgan fingerprint density at radius 2 is 1.55 bits per heavy atom. The van der Waals surface area contributed by atoms with Gasteiger partial charge in [-0.3, -0.25) is 0 Å². The van der Waals surface area contributed by atoms with Gasteiger partial charge in [0.05, 0.1) is 0 Å². The first-order valence-electron chi connectivity index (χ1n) is 7.17. The lowest BCUT2D eigenvalue weighted by atomic mass is 9.68. The van der Waals surface area contributed by atoms with E-state index >= 15 is 0 Å². The second-order valence-electron chi connectivity index (χ2n) is 5.99. The van der Waals surface area contributed by atoms with Crippen molar-refractivity contribution in [1.29, 1.82) is 0 Å². The Labute approximate surface area is 119 Å². The molecule has 20 heavy (non-hydrogen) atoms. The van der Waals surface area contributed by atoms with Gasteiger partial charge in [0, 0.05) is 5.92 Å². The van der Waals surface area contributed by atoms with E-state index in [1.807, 2.05) is 24.3 Å². The Bertz CT molecular complexity index is 616. The third kappa shape index (κ3) is 2.15. The number of aromatic hydroxyl groups is 2. The number of phenolic OH excluding ortho intramolecular Hbond substituents is 2. The minimum Gasteiger partial charge on any atom is -0.508 e. The standard InChI is InChI=1S/C18H20O2/c1-11-9-14-5-8-16(20)10-17(14)18(12(11)2)13-3-6-15(19)7-4-13/h3-8,10-12,18-20H,9H2,1-2H3/t11-,12+,18-/m0/s1. The van der Waals surface area contributed by atoms with E-state index in [1.54, 1.807) is 18.2 Å². The molecule has 0 aliphatic heterocycles. The van der Waals surface area contributed by atoms with Crippen LogP contribution >= 0.6 is 0 Å². The molecule has 2 nitrogen and oxygen atoms in total. The number of hydrogen-bond donors (Lipinski definition) is 2. The Morgan fingerprint density at radius 1 is 0.900 bits per heavy atom. The Balaban J connectivity index is 2.13. The summed E-state index contributed by atoms with van der Waals surface area (Å²) < 4.78 is 0. The van der Waals surface area contributed by atoms with E-state index in [9.17, 15) is 10.2 Å². The molecule has 0 unspecified atom stereocenters. The first-order valence-corrected chi connectivity index (χ1v) is 7.17. The molecule has 0 amide bonds. The summed E-state index contributed by atoms with van der Waals surface area (Å²) >= 11 is 0. The minimum atomic E-state index is 0.279. The highest BCUT2D eigenvalue weighted by Crippen LogP contribution is 2.44. The summed E-state index contributed by atoms with van der Waals surface area (Å²) in [5.74, 6) is 2.01. The van der Waals surface area contributed by atoms with E-state index in [0.717, 1.165) is 6.42 Å². The Morgan fingerprint density at radius 3 is 2.25 bits per heavy atom. The predicted octanol–water partition coefficient (Wildman–Crippen LogP) is 4.06. The molecule has 0 saturated heterocycles. The van der Waals surface area contributed by atoms with Crippen LogP contribution in [0.25, 0.3) is 0 Å².